The van der Waals surface area contributed by atoms with Crippen molar-refractivity contribution in [2.45, 2.75) is 37.8 Å². The summed E-state index contributed by atoms with van der Waals surface area (Å²) >= 11 is 0. The number of hydrogen-bond donors (Lipinski definition) is 3. The number of β-amino-alcohol motifs (C(OH)–C–C–N with tert-alkyl or cyclic N) is 1. The predicted octanol–water partition coefficient (Wildman–Crippen LogP) is -0.585. The number of esters is 1. The van der Waals surface area contributed by atoms with Gasteiger partial charge in [0.05, 0.1) is 25.7 Å². The SMILES string of the molecule is CCOC(=O)CC(O)CNC1(CO)CC1. The van der Waals surface area contributed by atoms with E-state index < -0.39 is 6.10 Å². The second kappa shape index (κ2) is 5.44. The minimum atomic E-state index is -0.743. The molecule has 5 nitrogen and oxygen atoms in total. The Balaban J connectivity index is 2.13. The molecule has 0 saturated heterocycles. The molecule has 1 atom stereocenters. The molecule has 0 spiro atoms. The van der Waals surface area contributed by atoms with Crippen LogP contribution in [0.3, 0.4) is 0 Å². The lowest BCUT2D eigenvalue weighted by atomic mass is 10.2. The van der Waals surface area contributed by atoms with E-state index in [0.717, 1.165) is 12.8 Å². The number of aliphatic hydroxyl groups is 2. The summed E-state index contributed by atoms with van der Waals surface area (Å²) in [7, 11) is 0. The van der Waals surface area contributed by atoms with Crippen molar-refractivity contribution in [3.05, 3.63) is 0 Å². The van der Waals surface area contributed by atoms with Crippen molar-refractivity contribution in [2.75, 3.05) is 19.8 Å². The molecule has 0 heterocycles. The summed E-state index contributed by atoms with van der Waals surface area (Å²) in [5, 5.41) is 21.5. The first-order valence-corrected chi connectivity index (χ1v) is 5.31. The van der Waals surface area contributed by atoms with Gasteiger partial charge in [-0.25, -0.2) is 0 Å². The molecule has 0 aromatic carbocycles. The van der Waals surface area contributed by atoms with Gasteiger partial charge in [0.15, 0.2) is 0 Å². The Labute approximate surface area is 89.4 Å². The molecule has 0 amide bonds. The summed E-state index contributed by atoms with van der Waals surface area (Å²) in [6.45, 7) is 2.46. The molecule has 1 fully saturated rings. The topological polar surface area (TPSA) is 78.8 Å². The van der Waals surface area contributed by atoms with E-state index in [1.807, 2.05) is 0 Å². The van der Waals surface area contributed by atoms with Gasteiger partial charge in [0.2, 0.25) is 0 Å². The van der Waals surface area contributed by atoms with Crippen molar-refractivity contribution in [2.24, 2.45) is 0 Å². The van der Waals surface area contributed by atoms with E-state index in [9.17, 15) is 9.90 Å². The van der Waals surface area contributed by atoms with Crippen LogP contribution in [-0.4, -0.2) is 47.6 Å². The number of nitrogens with one attached hydrogen (secondary N) is 1. The number of aliphatic hydroxyl groups excluding tert-OH is 2. The van der Waals surface area contributed by atoms with Crippen LogP contribution in [0.4, 0.5) is 0 Å². The number of carbonyl (C=O) groups excluding carboxylic acids is 1. The van der Waals surface area contributed by atoms with Gasteiger partial charge < -0.3 is 20.3 Å². The highest BCUT2D eigenvalue weighted by Crippen LogP contribution is 2.34. The zero-order chi connectivity index (χ0) is 11.3. The maximum Gasteiger partial charge on any atom is 0.308 e. The van der Waals surface area contributed by atoms with E-state index in [0.29, 0.717) is 13.2 Å². The van der Waals surface area contributed by atoms with Crippen molar-refractivity contribution < 1.29 is 19.7 Å². The molecule has 1 saturated carbocycles. The highest BCUT2D eigenvalue weighted by molar-refractivity contribution is 5.69. The Hall–Kier alpha value is -0.650. The maximum absolute atomic E-state index is 11.0. The molecule has 0 bridgehead atoms. The Morgan fingerprint density at radius 1 is 1.60 bits per heavy atom. The van der Waals surface area contributed by atoms with Crippen molar-refractivity contribution in [3.63, 3.8) is 0 Å². The maximum atomic E-state index is 11.0. The molecule has 1 rings (SSSR count). The van der Waals surface area contributed by atoms with E-state index in [-0.39, 0.29) is 24.5 Å². The van der Waals surface area contributed by atoms with E-state index in [4.69, 9.17) is 9.84 Å². The molecule has 0 aromatic rings. The highest BCUT2D eigenvalue weighted by Gasteiger charge is 2.41. The third-order valence-electron chi connectivity index (χ3n) is 2.58. The van der Waals surface area contributed by atoms with Crippen LogP contribution in [-0.2, 0) is 9.53 Å². The van der Waals surface area contributed by atoms with Gasteiger partial charge in [-0.1, -0.05) is 0 Å². The number of carbonyl (C=O) groups is 1. The standard InChI is InChI=1S/C10H19NO4/c1-2-15-9(14)5-8(13)6-11-10(7-12)3-4-10/h8,11-13H,2-7H2,1H3. The second-order valence-corrected chi connectivity index (χ2v) is 3.98. The quantitative estimate of drug-likeness (QED) is 0.497. The fourth-order valence-corrected chi connectivity index (χ4v) is 1.36. The van der Waals surface area contributed by atoms with Crippen molar-refractivity contribution in [1.82, 2.24) is 5.32 Å². The average Bonchev–Trinajstić information content (AvgIpc) is 2.96. The van der Waals surface area contributed by atoms with Gasteiger partial charge >= 0.3 is 5.97 Å². The zero-order valence-corrected chi connectivity index (χ0v) is 9.03. The van der Waals surface area contributed by atoms with Crippen LogP contribution in [0, 0.1) is 0 Å². The number of ether oxygens (including phenoxy) is 1. The van der Waals surface area contributed by atoms with Crippen LogP contribution >= 0.6 is 0 Å². The first-order chi connectivity index (χ1) is 7.12. The van der Waals surface area contributed by atoms with E-state index in [1.165, 1.54) is 0 Å². The zero-order valence-electron chi connectivity index (χ0n) is 9.03. The Morgan fingerprint density at radius 3 is 2.73 bits per heavy atom. The highest BCUT2D eigenvalue weighted by atomic mass is 16.5. The normalized spacial score (nSPS) is 19.7. The fraction of sp³-hybridized carbons (Fsp3) is 0.900. The van der Waals surface area contributed by atoms with Gasteiger partial charge in [-0.2, -0.15) is 0 Å². The Morgan fingerprint density at radius 2 is 2.27 bits per heavy atom. The predicted molar refractivity (Wildman–Crippen MR) is 54.3 cm³/mol. The lowest BCUT2D eigenvalue weighted by Gasteiger charge is -2.17. The van der Waals surface area contributed by atoms with E-state index in [1.54, 1.807) is 6.92 Å². The minimum Gasteiger partial charge on any atom is -0.466 e. The lowest BCUT2D eigenvalue weighted by molar-refractivity contribution is -0.145. The molecule has 1 unspecified atom stereocenters. The Kier molecular flexibility index (Phi) is 4.50. The van der Waals surface area contributed by atoms with Crippen LogP contribution in [0.25, 0.3) is 0 Å². The number of hydrogen-bond acceptors (Lipinski definition) is 5. The largest absolute Gasteiger partial charge is 0.466 e. The Bertz CT molecular complexity index is 215. The summed E-state index contributed by atoms with van der Waals surface area (Å²) in [5.41, 5.74) is -0.199. The first-order valence-electron chi connectivity index (χ1n) is 5.31. The molecule has 0 radical (unpaired) electrons. The van der Waals surface area contributed by atoms with Gasteiger partial charge in [-0.05, 0) is 19.8 Å². The molecule has 3 N–H and O–H groups in total. The molecule has 15 heavy (non-hydrogen) atoms. The van der Waals surface area contributed by atoms with Gasteiger partial charge in [-0.15, -0.1) is 0 Å². The summed E-state index contributed by atoms with van der Waals surface area (Å²) < 4.78 is 4.71. The van der Waals surface area contributed by atoms with Crippen LogP contribution < -0.4 is 5.32 Å². The average molecular weight is 217 g/mol. The number of rotatable bonds is 7. The van der Waals surface area contributed by atoms with Crippen molar-refractivity contribution in [1.29, 1.82) is 0 Å². The van der Waals surface area contributed by atoms with Crippen LogP contribution in [0.1, 0.15) is 26.2 Å². The summed E-state index contributed by atoms with van der Waals surface area (Å²) in [6.07, 6.45) is 1.11. The monoisotopic (exact) mass is 217 g/mol. The molecular formula is C10H19NO4. The molecule has 1 aliphatic carbocycles. The van der Waals surface area contributed by atoms with E-state index >= 15 is 0 Å². The fourth-order valence-electron chi connectivity index (χ4n) is 1.36. The van der Waals surface area contributed by atoms with Gasteiger partial charge in [0.1, 0.15) is 0 Å². The molecule has 5 heteroatoms. The molecular weight excluding hydrogens is 198 g/mol. The minimum absolute atomic E-state index is 0.00233. The van der Waals surface area contributed by atoms with Crippen molar-refractivity contribution in [3.8, 4) is 0 Å². The van der Waals surface area contributed by atoms with Gasteiger partial charge in [0.25, 0.3) is 0 Å². The summed E-state index contributed by atoms with van der Waals surface area (Å²) in [4.78, 5) is 11.0. The van der Waals surface area contributed by atoms with Crippen LogP contribution in [0.5, 0.6) is 0 Å². The second-order valence-electron chi connectivity index (χ2n) is 3.98. The first kappa shape index (κ1) is 12.4. The molecule has 0 aliphatic heterocycles. The van der Waals surface area contributed by atoms with Crippen LogP contribution in [0.15, 0.2) is 0 Å². The molecule has 0 aromatic heterocycles. The third-order valence-corrected chi connectivity index (χ3v) is 2.58. The van der Waals surface area contributed by atoms with Crippen molar-refractivity contribution >= 4 is 5.97 Å². The van der Waals surface area contributed by atoms with Crippen LogP contribution in [0.2, 0.25) is 0 Å². The van der Waals surface area contributed by atoms with Gasteiger partial charge in [0, 0.05) is 12.1 Å². The van der Waals surface area contributed by atoms with Gasteiger partial charge in [-0.3, -0.25) is 4.79 Å². The smallest absolute Gasteiger partial charge is 0.308 e. The third kappa shape index (κ3) is 4.15. The molecule has 1 aliphatic rings. The summed E-state index contributed by atoms with van der Waals surface area (Å²) in [5.74, 6) is -0.388. The molecule has 88 valence electrons. The lowest BCUT2D eigenvalue weighted by Crippen LogP contribution is -2.40. The van der Waals surface area contributed by atoms with E-state index in [2.05, 4.69) is 5.32 Å². The summed E-state index contributed by atoms with van der Waals surface area (Å²) in [6, 6.07) is 0.